The molecule has 112 valence electrons. The lowest BCUT2D eigenvalue weighted by Gasteiger charge is -2.11. The summed E-state index contributed by atoms with van der Waals surface area (Å²) in [5.74, 6) is -0.380. The first-order valence-corrected chi connectivity index (χ1v) is 7.54. The zero-order valence-electron chi connectivity index (χ0n) is 11.6. The number of halogens is 1. The summed E-state index contributed by atoms with van der Waals surface area (Å²) in [7, 11) is -2.57. The fraction of sp³-hybridized carbons (Fsp3) is 0.143. The minimum atomic E-state index is -4.02. The molecule has 0 atom stereocenters. The molecule has 0 spiro atoms. The van der Waals surface area contributed by atoms with Crippen LogP contribution in [0.25, 0.3) is 0 Å². The Morgan fingerprint density at radius 1 is 1.19 bits per heavy atom. The summed E-state index contributed by atoms with van der Waals surface area (Å²) in [4.78, 5) is -0.406. The van der Waals surface area contributed by atoms with Crippen molar-refractivity contribution >= 4 is 21.4 Å². The van der Waals surface area contributed by atoms with Gasteiger partial charge in [-0.25, -0.2) is 12.8 Å². The predicted octanol–water partition coefficient (Wildman–Crippen LogP) is 2.53. The molecule has 0 amide bonds. The second kappa shape index (κ2) is 5.61. The Morgan fingerprint density at radius 2 is 1.90 bits per heavy atom. The van der Waals surface area contributed by atoms with Crippen molar-refractivity contribution in [2.45, 2.75) is 11.8 Å². The van der Waals surface area contributed by atoms with Crippen LogP contribution in [0, 0.1) is 12.7 Å². The number of aryl methyl sites for hydroxylation is 1. The molecule has 2 rings (SSSR count). The molecule has 0 aromatic heterocycles. The first-order valence-electron chi connectivity index (χ1n) is 6.06. The molecule has 21 heavy (non-hydrogen) atoms. The van der Waals surface area contributed by atoms with E-state index in [0.717, 1.165) is 6.07 Å². The van der Waals surface area contributed by atoms with Gasteiger partial charge >= 0.3 is 0 Å². The Kier molecular flexibility index (Phi) is 4.04. The monoisotopic (exact) mass is 310 g/mol. The first-order chi connectivity index (χ1) is 9.83. The van der Waals surface area contributed by atoms with E-state index >= 15 is 0 Å². The highest BCUT2D eigenvalue weighted by Crippen LogP contribution is 2.26. The number of nitrogens with two attached hydrogens (primary N) is 1. The molecule has 0 heterocycles. The number of anilines is 2. The summed E-state index contributed by atoms with van der Waals surface area (Å²) in [5.41, 5.74) is 6.86. The fourth-order valence-electron chi connectivity index (χ4n) is 1.82. The van der Waals surface area contributed by atoms with Gasteiger partial charge in [-0.05, 0) is 42.8 Å². The standard InChI is InChI=1S/C14H15FN2O3S/c1-9-3-5-11(15)14(7-9)21(18,19)17-10-4-6-13(20-2)12(16)8-10/h3-8,17H,16H2,1-2H3. The Hall–Kier alpha value is -2.28. The Labute approximate surface area is 122 Å². The SMILES string of the molecule is COc1ccc(NS(=O)(=O)c2cc(C)ccc2F)cc1N. The highest BCUT2D eigenvalue weighted by atomic mass is 32.2. The van der Waals surface area contributed by atoms with Gasteiger partial charge in [0.05, 0.1) is 18.5 Å². The zero-order valence-corrected chi connectivity index (χ0v) is 12.4. The molecule has 2 aromatic rings. The van der Waals surface area contributed by atoms with Crippen LogP contribution in [-0.2, 0) is 10.0 Å². The second-order valence-corrected chi connectivity index (χ2v) is 6.15. The van der Waals surface area contributed by atoms with Crippen LogP contribution in [0.4, 0.5) is 15.8 Å². The molecule has 7 heteroatoms. The molecule has 0 aliphatic rings. The van der Waals surface area contributed by atoms with E-state index in [9.17, 15) is 12.8 Å². The van der Waals surface area contributed by atoms with Crippen LogP contribution in [0.5, 0.6) is 5.75 Å². The predicted molar refractivity (Wildman–Crippen MR) is 79.4 cm³/mol. The minimum absolute atomic E-state index is 0.231. The lowest BCUT2D eigenvalue weighted by molar-refractivity contribution is 0.417. The van der Waals surface area contributed by atoms with Crippen molar-refractivity contribution in [2.24, 2.45) is 0 Å². The van der Waals surface area contributed by atoms with Crippen molar-refractivity contribution in [3.63, 3.8) is 0 Å². The number of hydrogen-bond donors (Lipinski definition) is 2. The fourth-order valence-corrected chi connectivity index (χ4v) is 3.04. The maximum Gasteiger partial charge on any atom is 0.264 e. The Balaban J connectivity index is 2.37. The van der Waals surface area contributed by atoms with Crippen LogP contribution < -0.4 is 15.2 Å². The maximum atomic E-state index is 13.7. The highest BCUT2D eigenvalue weighted by Gasteiger charge is 2.19. The molecule has 0 aliphatic carbocycles. The number of hydrogen-bond acceptors (Lipinski definition) is 4. The summed E-state index contributed by atoms with van der Waals surface area (Å²) in [6.07, 6.45) is 0. The summed E-state index contributed by atoms with van der Waals surface area (Å²) in [6.45, 7) is 1.68. The van der Waals surface area contributed by atoms with Gasteiger partial charge in [0.15, 0.2) is 0 Å². The zero-order chi connectivity index (χ0) is 15.6. The highest BCUT2D eigenvalue weighted by molar-refractivity contribution is 7.92. The van der Waals surface area contributed by atoms with Crippen LogP contribution in [0.1, 0.15) is 5.56 Å². The van der Waals surface area contributed by atoms with Crippen LogP contribution >= 0.6 is 0 Å². The number of nitrogen functional groups attached to an aromatic ring is 1. The number of ether oxygens (including phenoxy) is 1. The molecule has 0 saturated carbocycles. The van der Waals surface area contributed by atoms with E-state index in [-0.39, 0.29) is 11.4 Å². The van der Waals surface area contributed by atoms with E-state index in [1.54, 1.807) is 6.92 Å². The van der Waals surface area contributed by atoms with Crippen molar-refractivity contribution in [1.29, 1.82) is 0 Å². The summed E-state index contributed by atoms with van der Waals surface area (Å²) < 4.78 is 45.4. The van der Waals surface area contributed by atoms with Gasteiger partial charge in [-0.1, -0.05) is 6.07 Å². The quantitative estimate of drug-likeness (QED) is 0.850. The van der Waals surface area contributed by atoms with Crippen LogP contribution in [0.3, 0.4) is 0 Å². The van der Waals surface area contributed by atoms with E-state index in [1.165, 1.54) is 37.4 Å². The minimum Gasteiger partial charge on any atom is -0.495 e. The molecular formula is C14H15FN2O3S. The average Bonchev–Trinajstić information content (AvgIpc) is 2.41. The topological polar surface area (TPSA) is 81.4 Å². The lowest BCUT2D eigenvalue weighted by Crippen LogP contribution is -2.15. The maximum absolute atomic E-state index is 13.7. The molecule has 0 radical (unpaired) electrons. The third-order valence-electron chi connectivity index (χ3n) is 2.86. The molecule has 0 bridgehead atoms. The molecule has 0 aliphatic heterocycles. The van der Waals surface area contributed by atoms with Gasteiger partial charge in [0, 0.05) is 0 Å². The van der Waals surface area contributed by atoms with E-state index in [4.69, 9.17) is 10.5 Å². The molecule has 2 aromatic carbocycles. The molecule has 0 fully saturated rings. The van der Waals surface area contributed by atoms with Crippen molar-refractivity contribution in [3.05, 3.63) is 47.8 Å². The third kappa shape index (κ3) is 3.25. The second-order valence-electron chi connectivity index (χ2n) is 4.50. The number of methoxy groups -OCH3 is 1. The van der Waals surface area contributed by atoms with Gasteiger partial charge < -0.3 is 10.5 Å². The molecule has 3 N–H and O–H groups in total. The smallest absolute Gasteiger partial charge is 0.264 e. The van der Waals surface area contributed by atoms with Crippen molar-refractivity contribution in [2.75, 3.05) is 17.6 Å². The summed E-state index contributed by atoms with van der Waals surface area (Å²) in [6, 6.07) is 8.31. The van der Waals surface area contributed by atoms with Gasteiger partial charge in [0.1, 0.15) is 16.5 Å². The molecular weight excluding hydrogens is 295 g/mol. The average molecular weight is 310 g/mol. The number of rotatable bonds is 4. The van der Waals surface area contributed by atoms with E-state index in [2.05, 4.69) is 4.72 Å². The largest absolute Gasteiger partial charge is 0.495 e. The van der Waals surface area contributed by atoms with Crippen molar-refractivity contribution < 1.29 is 17.5 Å². The van der Waals surface area contributed by atoms with Crippen LogP contribution in [-0.4, -0.2) is 15.5 Å². The molecule has 0 saturated heterocycles. The van der Waals surface area contributed by atoms with E-state index in [1.807, 2.05) is 0 Å². The Morgan fingerprint density at radius 3 is 2.52 bits per heavy atom. The normalized spacial score (nSPS) is 11.2. The van der Waals surface area contributed by atoms with Crippen molar-refractivity contribution in [3.8, 4) is 5.75 Å². The van der Waals surface area contributed by atoms with Gasteiger partial charge in [0.25, 0.3) is 10.0 Å². The van der Waals surface area contributed by atoms with E-state index in [0.29, 0.717) is 11.3 Å². The summed E-state index contributed by atoms with van der Waals surface area (Å²) in [5, 5.41) is 0. The first kappa shape index (κ1) is 15.1. The van der Waals surface area contributed by atoms with Gasteiger partial charge in [-0.15, -0.1) is 0 Å². The van der Waals surface area contributed by atoms with Gasteiger partial charge in [0.2, 0.25) is 0 Å². The lowest BCUT2D eigenvalue weighted by atomic mass is 10.2. The Bertz CT molecular complexity index is 776. The number of sulfonamides is 1. The van der Waals surface area contributed by atoms with E-state index < -0.39 is 20.7 Å². The number of nitrogens with one attached hydrogen (secondary N) is 1. The molecule has 0 unspecified atom stereocenters. The van der Waals surface area contributed by atoms with Crippen LogP contribution in [0.15, 0.2) is 41.3 Å². The summed E-state index contributed by atoms with van der Waals surface area (Å²) >= 11 is 0. The number of benzene rings is 2. The van der Waals surface area contributed by atoms with Gasteiger partial charge in [-0.2, -0.15) is 0 Å². The molecule has 5 nitrogen and oxygen atoms in total. The van der Waals surface area contributed by atoms with Crippen molar-refractivity contribution in [1.82, 2.24) is 0 Å². The third-order valence-corrected chi connectivity index (χ3v) is 4.25. The van der Waals surface area contributed by atoms with Crippen LogP contribution in [0.2, 0.25) is 0 Å². The van der Waals surface area contributed by atoms with Gasteiger partial charge in [-0.3, -0.25) is 4.72 Å².